The number of benzene rings is 1. The van der Waals surface area contributed by atoms with E-state index in [9.17, 15) is 0 Å². The molecule has 0 aliphatic rings. The largest absolute Gasteiger partial charge is 0.310 e. The third-order valence-corrected chi connectivity index (χ3v) is 3.67. The second kappa shape index (κ2) is 6.63. The number of hydrogen-bond donors (Lipinski definition) is 1. The van der Waals surface area contributed by atoms with Gasteiger partial charge in [0.25, 0.3) is 0 Å². The second-order valence-corrected chi connectivity index (χ2v) is 5.70. The second-order valence-electron chi connectivity index (χ2n) is 4.38. The van der Waals surface area contributed by atoms with Crippen molar-refractivity contribution in [3.05, 3.63) is 33.3 Å². The van der Waals surface area contributed by atoms with E-state index in [-0.39, 0.29) is 0 Å². The summed E-state index contributed by atoms with van der Waals surface area (Å²) in [6.07, 6.45) is 1.14. The molecule has 16 heavy (non-hydrogen) atoms. The van der Waals surface area contributed by atoms with Crippen LogP contribution in [0.25, 0.3) is 0 Å². The van der Waals surface area contributed by atoms with E-state index < -0.39 is 0 Å². The lowest BCUT2D eigenvalue weighted by Gasteiger charge is -2.21. The molecule has 0 radical (unpaired) electrons. The van der Waals surface area contributed by atoms with Crippen LogP contribution in [0.5, 0.6) is 0 Å². The first kappa shape index (κ1) is 14.0. The van der Waals surface area contributed by atoms with Crippen LogP contribution in [-0.4, -0.2) is 6.04 Å². The Balaban J connectivity index is 2.63. The van der Waals surface area contributed by atoms with Gasteiger partial charge in [0, 0.05) is 22.1 Å². The first-order chi connectivity index (χ1) is 7.54. The topological polar surface area (TPSA) is 12.0 Å². The summed E-state index contributed by atoms with van der Waals surface area (Å²) in [6, 6.07) is 6.52. The fraction of sp³-hybridized carbons (Fsp3) is 0.538. The van der Waals surface area contributed by atoms with E-state index >= 15 is 0 Å². The van der Waals surface area contributed by atoms with Crippen molar-refractivity contribution in [3.63, 3.8) is 0 Å². The van der Waals surface area contributed by atoms with Crippen molar-refractivity contribution < 1.29 is 0 Å². The van der Waals surface area contributed by atoms with Crippen LogP contribution in [0.1, 0.15) is 32.8 Å². The van der Waals surface area contributed by atoms with Gasteiger partial charge in [-0.25, -0.2) is 0 Å². The monoisotopic (exact) mass is 303 g/mol. The molecule has 1 nitrogen and oxygen atoms in total. The maximum atomic E-state index is 6.14. The molecule has 1 N–H and O–H groups in total. The molecule has 0 aliphatic carbocycles. The van der Waals surface area contributed by atoms with Crippen molar-refractivity contribution in [1.82, 2.24) is 5.32 Å². The van der Waals surface area contributed by atoms with Crippen LogP contribution in [0.2, 0.25) is 5.02 Å². The lowest BCUT2D eigenvalue weighted by atomic mass is 10.0. The van der Waals surface area contributed by atoms with E-state index in [1.54, 1.807) is 0 Å². The van der Waals surface area contributed by atoms with Crippen molar-refractivity contribution in [3.8, 4) is 0 Å². The van der Waals surface area contributed by atoms with Gasteiger partial charge in [-0.1, -0.05) is 48.3 Å². The summed E-state index contributed by atoms with van der Waals surface area (Å²) < 4.78 is 1.08. The molecule has 0 fully saturated rings. The Morgan fingerprint density at radius 2 is 2.06 bits per heavy atom. The van der Waals surface area contributed by atoms with Gasteiger partial charge in [-0.05, 0) is 36.1 Å². The Morgan fingerprint density at radius 1 is 1.38 bits per heavy atom. The van der Waals surface area contributed by atoms with Crippen LogP contribution in [0.15, 0.2) is 22.7 Å². The smallest absolute Gasteiger partial charge is 0.0451 e. The van der Waals surface area contributed by atoms with Crippen molar-refractivity contribution in [2.45, 2.75) is 39.8 Å². The standard InChI is InChI=1S/C13H19BrClN/c1-4-13(9(2)3)16-8-10-7-11(14)5-6-12(10)15/h5-7,9,13,16H,4,8H2,1-3H3. The Hall–Kier alpha value is -0.0500. The van der Waals surface area contributed by atoms with E-state index in [2.05, 4.69) is 48.1 Å². The fourth-order valence-corrected chi connectivity index (χ4v) is 2.36. The van der Waals surface area contributed by atoms with E-state index in [1.165, 1.54) is 0 Å². The summed E-state index contributed by atoms with van der Waals surface area (Å²) in [5, 5.41) is 4.38. The average Bonchev–Trinajstić information content (AvgIpc) is 2.23. The zero-order chi connectivity index (χ0) is 12.1. The molecule has 0 amide bonds. The molecule has 3 heteroatoms. The zero-order valence-corrected chi connectivity index (χ0v) is 12.4. The molecule has 1 aromatic carbocycles. The van der Waals surface area contributed by atoms with Gasteiger partial charge < -0.3 is 5.32 Å². The van der Waals surface area contributed by atoms with Crippen molar-refractivity contribution in [2.75, 3.05) is 0 Å². The molecule has 0 bridgehead atoms. The first-order valence-corrected chi connectivity index (χ1v) is 6.89. The minimum Gasteiger partial charge on any atom is -0.310 e. The molecule has 1 atom stereocenters. The van der Waals surface area contributed by atoms with Gasteiger partial charge in [-0.15, -0.1) is 0 Å². The van der Waals surface area contributed by atoms with E-state index in [0.717, 1.165) is 28.0 Å². The summed E-state index contributed by atoms with van der Waals surface area (Å²) in [6.45, 7) is 7.52. The minimum absolute atomic E-state index is 0.551. The Kier molecular flexibility index (Phi) is 5.81. The molecule has 0 aromatic heterocycles. The predicted molar refractivity (Wildman–Crippen MR) is 74.9 cm³/mol. The Bertz CT molecular complexity index is 339. The summed E-state index contributed by atoms with van der Waals surface area (Å²) in [5.41, 5.74) is 1.15. The number of halogens is 2. The molecular formula is C13H19BrClN. The molecule has 0 saturated heterocycles. The summed E-state index contributed by atoms with van der Waals surface area (Å²) in [7, 11) is 0. The number of hydrogen-bond acceptors (Lipinski definition) is 1. The van der Waals surface area contributed by atoms with Gasteiger partial charge in [0.15, 0.2) is 0 Å². The highest BCUT2D eigenvalue weighted by Gasteiger charge is 2.10. The number of nitrogens with one attached hydrogen (secondary N) is 1. The maximum absolute atomic E-state index is 6.14. The lowest BCUT2D eigenvalue weighted by molar-refractivity contribution is 0.387. The first-order valence-electron chi connectivity index (χ1n) is 5.72. The fourth-order valence-electron chi connectivity index (χ4n) is 1.77. The average molecular weight is 305 g/mol. The lowest BCUT2D eigenvalue weighted by Crippen LogP contribution is -2.32. The van der Waals surface area contributed by atoms with Crippen molar-refractivity contribution in [2.24, 2.45) is 5.92 Å². The molecule has 0 saturated carbocycles. The van der Waals surface area contributed by atoms with Crippen molar-refractivity contribution in [1.29, 1.82) is 0 Å². The maximum Gasteiger partial charge on any atom is 0.0451 e. The Labute approximate surface area is 112 Å². The SMILES string of the molecule is CCC(NCc1cc(Br)ccc1Cl)C(C)C. The third kappa shape index (κ3) is 4.08. The van der Waals surface area contributed by atoms with Gasteiger partial charge in [-0.3, -0.25) is 0 Å². The van der Waals surface area contributed by atoms with Crippen LogP contribution >= 0.6 is 27.5 Å². The highest BCUT2D eigenvalue weighted by atomic mass is 79.9. The van der Waals surface area contributed by atoms with Gasteiger partial charge in [0.1, 0.15) is 0 Å². The third-order valence-electron chi connectivity index (χ3n) is 2.81. The van der Waals surface area contributed by atoms with Gasteiger partial charge >= 0.3 is 0 Å². The van der Waals surface area contributed by atoms with E-state index in [1.807, 2.05) is 12.1 Å². The molecule has 1 aromatic rings. The molecular weight excluding hydrogens is 286 g/mol. The summed E-state index contributed by atoms with van der Waals surface area (Å²) in [5.74, 6) is 0.649. The van der Waals surface area contributed by atoms with Crippen LogP contribution in [-0.2, 0) is 6.54 Å². The summed E-state index contributed by atoms with van der Waals surface area (Å²) >= 11 is 9.60. The molecule has 1 rings (SSSR count). The van der Waals surface area contributed by atoms with Gasteiger partial charge in [-0.2, -0.15) is 0 Å². The normalized spacial score (nSPS) is 13.1. The van der Waals surface area contributed by atoms with Gasteiger partial charge in [0.2, 0.25) is 0 Å². The number of rotatable bonds is 5. The molecule has 1 unspecified atom stereocenters. The van der Waals surface area contributed by atoms with E-state index in [4.69, 9.17) is 11.6 Å². The van der Waals surface area contributed by atoms with Crippen LogP contribution in [0, 0.1) is 5.92 Å². The van der Waals surface area contributed by atoms with E-state index in [0.29, 0.717) is 12.0 Å². The molecule has 0 spiro atoms. The quantitative estimate of drug-likeness (QED) is 0.836. The van der Waals surface area contributed by atoms with Crippen molar-refractivity contribution >= 4 is 27.5 Å². The van der Waals surface area contributed by atoms with Crippen LogP contribution < -0.4 is 5.32 Å². The predicted octanol–water partition coefficient (Wildman–Crippen LogP) is 4.63. The summed E-state index contributed by atoms with van der Waals surface area (Å²) in [4.78, 5) is 0. The molecule has 0 heterocycles. The van der Waals surface area contributed by atoms with Crippen LogP contribution in [0.3, 0.4) is 0 Å². The Morgan fingerprint density at radius 3 is 2.62 bits per heavy atom. The van der Waals surface area contributed by atoms with Gasteiger partial charge in [0.05, 0.1) is 0 Å². The minimum atomic E-state index is 0.551. The van der Waals surface area contributed by atoms with Crippen LogP contribution in [0.4, 0.5) is 0 Å². The molecule has 0 aliphatic heterocycles. The molecule has 90 valence electrons. The zero-order valence-electron chi connectivity index (χ0n) is 10.1. The highest BCUT2D eigenvalue weighted by molar-refractivity contribution is 9.10. The highest BCUT2D eigenvalue weighted by Crippen LogP contribution is 2.21.